The van der Waals surface area contributed by atoms with Gasteiger partial charge in [-0.3, -0.25) is 0 Å². The Morgan fingerprint density at radius 1 is 0.906 bits per heavy atom. The molecular formula is C23H26N4O5. The zero-order valence-electron chi connectivity index (χ0n) is 18.3. The molecule has 0 spiro atoms. The Hall–Kier alpha value is -4.01. The van der Waals surface area contributed by atoms with Crippen LogP contribution in [0.15, 0.2) is 54.6 Å². The average molecular weight is 438 g/mol. The lowest BCUT2D eigenvalue weighted by Gasteiger charge is -2.14. The lowest BCUT2D eigenvalue weighted by Crippen LogP contribution is -2.32. The lowest BCUT2D eigenvalue weighted by molar-refractivity contribution is 0.246. The van der Waals surface area contributed by atoms with Gasteiger partial charge in [-0.1, -0.05) is 6.07 Å². The van der Waals surface area contributed by atoms with E-state index in [9.17, 15) is 4.79 Å². The summed E-state index contributed by atoms with van der Waals surface area (Å²) in [7, 11) is 3.04. The number of carbonyl (C=O) groups is 1. The highest BCUT2D eigenvalue weighted by atomic mass is 16.5. The van der Waals surface area contributed by atoms with E-state index in [-0.39, 0.29) is 13.2 Å². The van der Waals surface area contributed by atoms with Gasteiger partial charge in [0.1, 0.15) is 29.5 Å². The van der Waals surface area contributed by atoms with Crippen molar-refractivity contribution in [1.82, 2.24) is 15.5 Å². The zero-order valence-corrected chi connectivity index (χ0v) is 18.3. The van der Waals surface area contributed by atoms with Crippen LogP contribution in [0.4, 0.5) is 10.5 Å². The quantitative estimate of drug-likeness (QED) is 0.465. The molecule has 0 saturated carbocycles. The van der Waals surface area contributed by atoms with Gasteiger partial charge in [0.15, 0.2) is 0 Å². The number of rotatable bonds is 10. The molecule has 0 fully saturated rings. The van der Waals surface area contributed by atoms with Crippen LogP contribution in [0.1, 0.15) is 6.92 Å². The second-order valence-electron chi connectivity index (χ2n) is 6.48. The van der Waals surface area contributed by atoms with Crippen molar-refractivity contribution in [1.29, 1.82) is 0 Å². The Kier molecular flexibility index (Phi) is 8.08. The first kappa shape index (κ1) is 22.7. The third-order valence-electron chi connectivity index (χ3n) is 4.41. The van der Waals surface area contributed by atoms with E-state index in [2.05, 4.69) is 20.8 Å². The summed E-state index contributed by atoms with van der Waals surface area (Å²) >= 11 is 0. The van der Waals surface area contributed by atoms with Gasteiger partial charge < -0.3 is 29.6 Å². The van der Waals surface area contributed by atoms with E-state index in [1.54, 1.807) is 24.3 Å². The van der Waals surface area contributed by atoms with Gasteiger partial charge in [-0.15, -0.1) is 10.2 Å². The predicted molar refractivity (Wildman–Crippen MR) is 121 cm³/mol. The minimum atomic E-state index is -0.409. The largest absolute Gasteiger partial charge is 0.494 e. The summed E-state index contributed by atoms with van der Waals surface area (Å²) < 4.78 is 21.5. The number of aromatic nitrogens is 2. The van der Waals surface area contributed by atoms with Crippen molar-refractivity contribution in [3.8, 4) is 34.4 Å². The molecule has 0 radical (unpaired) electrons. The van der Waals surface area contributed by atoms with E-state index in [0.29, 0.717) is 29.7 Å². The van der Waals surface area contributed by atoms with Crippen LogP contribution in [0.25, 0.3) is 11.3 Å². The first-order chi connectivity index (χ1) is 15.6. The maximum absolute atomic E-state index is 12.2. The normalized spacial score (nSPS) is 10.2. The number of methoxy groups -OCH3 is 2. The summed E-state index contributed by atoms with van der Waals surface area (Å²) in [5.41, 5.74) is 2.10. The van der Waals surface area contributed by atoms with Crippen molar-refractivity contribution in [3.63, 3.8) is 0 Å². The zero-order chi connectivity index (χ0) is 22.8. The van der Waals surface area contributed by atoms with Gasteiger partial charge in [0, 0.05) is 11.6 Å². The number of para-hydroxylation sites is 1. The number of anilines is 1. The molecule has 2 amide bonds. The molecule has 168 valence electrons. The van der Waals surface area contributed by atoms with Gasteiger partial charge in [-0.05, 0) is 49.4 Å². The summed E-state index contributed by atoms with van der Waals surface area (Å²) in [4.78, 5) is 12.2. The van der Waals surface area contributed by atoms with Crippen molar-refractivity contribution in [2.24, 2.45) is 0 Å². The topological polar surface area (TPSA) is 104 Å². The average Bonchev–Trinajstić information content (AvgIpc) is 2.83. The molecule has 0 atom stereocenters. The van der Waals surface area contributed by atoms with Crippen LogP contribution in [0.5, 0.6) is 23.1 Å². The fourth-order valence-corrected chi connectivity index (χ4v) is 2.89. The Balaban J connectivity index is 1.46. The number of nitrogens with one attached hydrogen (secondary N) is 2. The summed E-state index contributed by atoms with van der Waals surface area (Å²) in [5, 5.41) is 13.7. The molecule has 3 rings (SSSR count). The summed E-state index contributed by atoms with van der Waals surface area (Å²) in [6.07, 6.45) is 0. The smallest absolute Gasteiger partial charge is 0.319 e. The van der Waals surface area contributed by atoms with E-state index in [4.69, 9.17) is 18.9 Å². The van der Waals surface area contributed by atoms with Crippen LogP contribution < -0.4 is 29.6 Å². The van der Waals surface area contributed by atoms with Crippen LogP contribution in [-0.4, -0.2) is 50.2 Å². The summed E-state index contributed by atoms with van der Waals surface area (Å²) in [5.74, 6) is 2.18. The van der Waals surface area contributed by atoms with Gasteiger partial charge in [0.05, 0.1) is 33.1 Å². The maximum Gasteiger partial charge on any atom is 0.319 e. The van der Waals surface area contributed by atoms with Crippen LogP contribution in [0, 0.1) is 0 Å². The molecule has 0 bridgehead atoms. The van der Waals surface area contributed by atoms with E-state index in [0.717, 1.165) is 17.0 Å². The Bertz CT molecular complexity index is 988. The first-order valence-corrected chi connectivity index (χ1v) is 10.1. The third kappa shape index (κ3) is 6.00. The molecule has 0 unspecified atom stereocenters. The van der Waals surface area contributed by atoms with Crippen molar-refractivity contribution in [2.75, 3.05) is 39.3 Å². The predicted octanol–water partition coefficient (Wildman–Crippen LogP) is 3.76. The number of benzene rings is 2. The second kappa shape index (κ2) is 11.4. The molecule has 0 saturated heterocycles. The molecule has 2 aromatic carbocycles. The minimum absolute atomic E-state index is 0.230. The molecule has 32 heavy (non-hydrogen) atoms. The molecule has 1 heterocycles. The van der Waals surface area contributed by atoms with Crippen molar-refractivity contribution >= 4 is 11.7 Å². The molecule has 1 aromatic heterocycles. The summed E-state index contributed by atoms with van der Waals surface area (Å²) in [6.45, 7) is 3.06. The molecule has 9 nitrogen and oxygen atoms in total. The van der Waals surface area contributed by atoms with Gasteiger partial charge in [0.25, 0.3) is 0 Å². The number of hydrogen-bond donors (Lipinski definition) is 2. The number of urea groups is 1. The molecule has 0 aliphatic carbocycles. The van der Waals surface area contributed by atoms with Crippen molar-refractivity contribution < 1.29 is 23.7 Å². The standard InChI is InChI=1S/C23H26N4O5/c1-4-31-17-10-8-16(9-11-17)18-12-13-21(27-26-18)32-15-14-24-23(28)25-22-19(29-2)6-5-7-20(22)30-3/h5-13H,4,14-15H2,1-3H3,(H2,24,25,28). The van der Waals surface area contributed by atoms with Gasteiger partial charge in [0.2, 0.25) is 5.88 Å². The van der Waals surface area contributed by atoms with Crippen LogP contribution >= 0.6 is 0 Å². The fourth-order valence-electron chi connectivity index (χ4n) is 2.89. The monoisotopic (exact) mass is 438 g/mol. The van der Waals surface area contributed by atoms with Crippen LogP contribution in [0.2, 0.25) is 0 Å². The maximum atomic E-state index is 12.2. The Labute approximate surface area is 186 Å². The lowest BCUT2D eigenvalue weighted by atomic mass is 10.1. The third-order valence-corrected chi connectivity index (χ3v) is 4.41. The summed E-state index contributed by atoms with van der Waals surface area (Å²) in [6, 6.07) is 16.0. The highest BCUT2D eigenvalue weighted by molar-refractivity contribution is 5.93. The van der Waals surface area contributed by atoms with Gasteiger partial charge in [-0.2, -0.15) is 0 Å². The second-order valence-corrected chi connectivity index (χ2v) is 6.48. The Morgan fingerprint density at radius 2 is 1.62 bits per heavy atom. The number of carbonyl (C=O) groups excluding carboxylic acids is 1. The van der Waals surface area contributed by atoms with Crippen molar-refractivity contribution in [2.45, 2.75) is 6.92 Å². The van der Waals surface area contributed by atoms with Crippen LogP contribution in [0.3, 0.4) is 0 Å². The molecular weight excluding hydrogens is 412 g/mol. The molecule has 3 aromatic rings. The van der Waals surface area contributed by atoms with E-state index >= 15 is 0 Å². The first-order valence-electron chi connectivity index (χ1n) is 10.1. The molecule has 2 N–H and O–H groups in total. The number of nitrogens with zero attached hydrogens (tertiary/aromatic N) is 2. The number of hydrogen-bond acceptors (Lipinski definition) is 7. The fraction of sp³-hybridized carbons (Fsp3) is 0.261. The number of amides is 2. The van der Waals surface area contributed by atoms with E-state index < -0.39 is 6.03 Å². The number of ether oxygens (including phenoxy) is 4. The van der Waals surface area contributed by atoms with E-state index in [1.165, 1.54) is 14.2 Å². The Morgan fingerprint density at radius 3 is 2.22 bits per heavy atom. The highest BCUT2D eigenvalue weighted by Gasteiger charge is 2.12. The highest BCUT2D eigenvalue weighted by Crippen LogP contribution is 2.33. The molecule has 9 heteroatoms. The van der Waals surface area contributed by atoms with Crippen molar-refractivity contribution in [3.05, 3.63) is 54.6 Å². The SMILES string of the molecule is CCOc1ccc(-c2ccc(OCCNC(=O)Nc3c(OC)cccc3OC)nn2)cc1. The van der Waals surface area contributed by atoms with Gasteiger partial charge in [-0.25, -0.2) is 4.79 Å². The van der Waals surface area contributed by atoms with E-state index in [1.807, 2.05) is 37.3 Å². The minimum Gasteiger partial charge on any atom is -0.494 e. The molecule has 0 aliphatic heterocycles. The van der Waals surface area contributed by atoms with Crippen LogP contribution in [-0.2, 0) is 0 Å². The molecule has 0 aliphatic rings. The van der Waals surface area contributed by atoms with Gasteiger partial charge >= 0.3 is 6.03 Å².